The fourth-order valence-electron chi connectivity index (χ4n) is 6.73. The zero-order valence-electron chi connectivity index (χ0n) is 19.3. The average Bonchev–Trinajstić information content (AvgIpc) is 2.81. The summed E-state index contributed by atoms with van der Waals surface area (Å²) < 4.78 is 25.1. The Kier molecular flexibility index (Phi) is 6.73. The number of cyclic esters (lactones) is 1. The number of nitrogens with one attached hydrogen (secondary N) is 1. The highest BCUT2D eigenvalue weighted by molar-refractivity contribution is 5.85. The first kappa shape index (κ1) is 22.8. The van der Waals surface area contributed by atoms with Crippen LogP contribution in [0.3, 0.4) is 0 Å². The molecule has 1 N–H and O–H groups in total. The topological polar surface area (TPSA) is 64.6 Å². The predicted molar refractivity (Wildman–Crippen MR) is 123 cm³/mol. The number of hydrogen-bond donors (Lipinski definition) is 1. The molecule has 1 heterocycles. The molecule has 3 aliphatic carbocycles. The van der Waals surface area contributed by atoms with Crippen LogP contribution >= 0.6 is 0 Å². The highest BCUT2D eigenvalue weighted by Gasteiger charge is 2.52. The van der Waals surface area contributed by atoms with E-state index in [1.54, 1.807) is 0 Å². The van der Waals surface area contributed by atoms with Crippen molar-refractivity contribution in [3.63, 3.8) is 0 Å². The number of ether oxygens (including phenoxy) is 2. The highest BCUT2D eigenvalue weighted by Crippen LogP contribution is 2.46. The quantitative estimate of drug-likeness (QED) is 0.627. The Morgan fingerprint density at radius 1 is 1.09 bits per heavy atom. The van der Waals surface area contributed by atoms with Gasteiger partial charge >= 0.3 is 6.09 Å². The van der Waals surface area contributed by atoms with Gasteiger partial charge in [-0.05, 0) is 62.8 Å². The Hall–Kier alpha value is -1.95. The van der Waals surface area contributed by atoms with E-state index >= 15 is 0 Å². The van der Waals surface area contributed by atoms with Gasteiger partial charge in [-0.2, -0.15) is 0 Å². The minimum Gasteiger partial charge on any atom is -0.449 e. The number of alkyl carbamates (subject to hydrolysis) is 1. The van der Waals surface area contributed by atoms with E-state index in [2.05, 4.69) is 35.6 Å². The molecule has 5 nitrogen and oxygen atoms in total. The van der Waals surface area contributed by atoms with Crippen molar-refractivity contribution in [3.8, 4) is 0 Å². The van der Waals surface area contributed by atoms with E-state index < -0.39 is 17.8 Å². The number of benzene rings is 1. The summed E-state index contributed by atoms with van der Waals surface area (Å²) in [4.78, 5) is 25.5. The van der Waals surface area contributed by atoms with E-state index in [0.717, 1.165) is 44.9 Å². The summed E-state index contributed by atoms with van der Waals surface area (Å²) >= 11 is 0. The Bertz CT molecular complexity index is 830. The maximum absolute atomic E-state index is 13.5. The molecule has 5 rings (SSSR count). The van der Waals surface area contributed by atoms with Crippen LogP contribution in [0.5, 0.6) is 0 Å². The number of amides is 1. The summed E-state index contributed by atoms with van der Waals surface area (Å²) in [5.74, 6) is 0.362. The van der Waals surface area contributed by atoms with Gasteiger partial charge in [0.25, 0.3) is 0 Å². The molecule has 3 atom stereocenters. The summed E-state index contributed by atoms with van der Waals surface area (Å²) in [5, 5.41) is 3.10. The van der Waals surface area contributed by atoms with Gasteiger partial charge in [0, 0.05) is 24.2 Å². The predicted octanol–water partition coefficient (Wildman–Crippen LogP) is 5.33. The van der Waals surface area contributed by atoms with E-state index in [0.29, 0.717) is 38.4 Å². The lowest BCUT2D eigenvalue weighted by Crippen LogP contribution is -2.63. The first-order chi connectivity index (χ1) is 16.0. The molecule has 1 unspecified atom stereocenters. The van der Waals surface area contributed by atoms with Crippen molar-refractivity contribution >= 4 is 11.9 Å². The Labute approximate surface area is 195 Å². The van der Waals surface area contributed by atoms with Crippen LogP contribution < -0.4 is 5.32 Å². The van der Waals surface area contributed by atoms with Crippen molar-refractivity contribution in [2.45, 2.75) is 87.9 Å². The second kappa shape index (κ2) is 9.73. The van der Waals surface area contributed by atoms with Crippen molar-refractivity contribution in [3.05, 3.63) is 35.9 Å². The average molecular weight is 458 g/mol. The van der Waals surface area contributed by atoms with Gasteiger partial charge in [0.05, 0.1) is 24.9 Å². The molecule has 0 bridgehead atoms. The SMILES string of the molecule is O=C1N[C@@]2(CCCC(C(=O)C3CC(F)C3)[C@@H]2COC2CCC(c3ccccc3)CC2)CCO1. The highest BCUT2D eigenvalue weighted by atomic mass is 19.1. The Balaban J connectivity index is 1.25. The molecule has 0 aromatic heterocycles. The summed E-state index contributed by atoms with van der Waals surface area (Å²) in [5.41, 5.74) is 0.956. The molecular formula is C27H36FNO4. The van der Waals surface area contributed by atoms with Crippen molar-refractivity contribution in [2.75, 3.05) is 13.2 Å². The number of carbonyl (C=O) groups is 2. The van der Waals surface area contributed by atoms with E-state index in [-0.39, 0.29) is 29.6 Å². The zero-order chi connectivity index (χ0) is 22.8. The minimum atomic E-state index is -0.839. The third-order valence-electron chi connectivity index (χ3n) is 8.77. The van der Waals surface area contributed by atoms with Gasteiger partial charge in [-0.1, -0.05) is 36.8 Å². The van der Waals surface area contributed by atoms with Crippen molar-refractivity contribution in [1.82, 2.24) is 5.32 Å². The number of ketones is 1. The largest absolute Gasteiger partial charge is 0.449 e. The maximum atomic E-state index is 13.5. The Morgan fingerprint density at radius 3 is 2.55 bits per heavy atom. The van der Waals surface area contributed by atoms with Crippen molar-refractivity contribution in [2.24, 2.45) is 17.8 Å². The van der Waals surface area contributed by atoms with Crippen LogP contribution in [0.15, 0.2) is 30.3 Å². The molecule has 6 heteroatoms. The first-order valence-corrected chi connectivity index (χ1v) is 12.8. The maximum Gasteiger partial charge on any atom is 0.407 e. The van der Waals surface area contributed by atoms with Gasteiger partial charge in [0.1, 0.15) is 12.0 Å². The van der Waals surface area contributed by atoms with E-state index in [1.165, 1.54) is 5.56 Å². The third-order valence-corrected chi connectivity index (χ3v) is 8.77. The molecule has 3 saturated carbocycles. The monoisotopic (exact) mass is 457 g/mol. The van der Waals surface area contributed by atoms with Gasteiger partial charge in [-0.25, -0.2) is 9.18 Å². The van der Waals surface area contributed by atoms with Gasteiger partial charge < -0.3 is 14.8 Å². The standard InChI is InChI=1S/C27H36FNO4/c28-21-15-20(16-21)25(30)23-7-4-12-27(13-14-32-26(31)29-27)24(23)17-33-22-10-8-19(9-11-22)18-5-2-1-3-6-18/h1-3,5-6,19-24H,4,7-17H2,(H,29,31)/t19?,20?,21?,22?,23?,24-,27-/m0/s1. The Morgan fingerprint density at radius 2 is 1.85 bits per heavy atom. The van der Waals surface area contributed by atoms with Crippen LogP contribution in [-0.4, -0.2) is 42.9 Å². The first-order valence-electron chi connectivity index (χ1n) is 12.8. The van der Waals surface area contributed by atoms with Crippen LogP contribution in [0.2, 0.25) is 0 Å². The number of rotatable bonds is 6. The summed E-state index contributed by atoms with van der Waals surface area (Å²) in [6, 6.07) is 10.7. The van der Waals surface area contributed by atoms with Gasteiger partial charge in [0.2, 0.25) is 0 Å². The molecule has 4 aliphatic rings. The van der Waals surface area contributed by atoms with Gasteiger partial charge in [-0.3, -0.25) is 4.79 Å². The molecule has 1 saturated heterocycles. The molecule has 33 heavy (non-hydrogen) atoms. The lowest BCUT2D eigenvalue weighted by atomic mass is 9.61. The van der Waals surface area contributed by atoms with Crippen LogP contribution in [-0.2, 0) is 14.3 Å². The summed E-state index contributed by atoms with van der Waals surface area (Å²) in [7, 11) is 0. The molecule has 1 aliphatic heterocycles. The molecule has 1 amide bonds. The smallest absolute Gasteiger partial charge is 0.407 e. The minimum absolute atomic E-state index is 0.0721. The van der Waals surface area contributed by atoms with Crippen LogP contribution in [0.4, 0.5) is 9.18 Å². The molecule has 180 valence electrons. The van der Waals surface area contributed by atoms with E-state index in [1.807, 2.05) is 0 Å². The molecular weight excluding hydrogens is 421 g/mol. The second-order valence-corrected chi connectivity index (χ2v) is 10.7. The third kappa shape index (κ3) is 4.82. The van der Waals surface area contributed by atoms with Crippen molar-refractivity contribution in [1.29, 1.82) is 0 Å². The molecule has 4 fully saturated rings. The zero-order valence-corrected chi connectivity index (χ0v) is 19.3. The van der Waals surface area contributed by atoms with Gasteiger partial charge in [-0.15, -0.1) is 0 Å². The van der Waals surface area contributed by atoms with Crippen LogP contribution in [0.1, 0.15) is 75.7 Å². The molecule has 0 radical (unpaired) electrons. The number of alkyl halides is 1. The van der Waals surface area contributed by atoms with Crippen LogP contribution in [0, 0.1) is 17.8 Å². The fraction of sp³-hybridized carbons (Fsp3) is 0.704. The van der Waals surface area contributed by atoms with Crippen LogP contribution in [0.25, 0.3) is 0 Å². The fourth-order valence-corrected chi connectivity index (χ4v) is 6.73. The second-order valence-electron chi connectivity index (χ2n) is 10.7. The number of hydrogen-bond acceptors (Lipinski definition) is 4. The van der Waals surface area contributed by atoms with Crippen molar-refractivity contribution < 1.29 is 23.5 Å². The lowest BCUT2D eigenvalue weighted by molar-refractivity contribution is -0.140. The number of carbonyl (C=O) groups excluding carboxylic acids is 2. The lowest BCUT2D eigenvalue weighted by Gasteiger charge is -2.50. The normalized spacial score (nSPS) is 38.8. The van der Waals surface area contributed by atoms with E-state index in [9.17, 15) is 14.0 Å². The molecule has 1 spiro atoms. The molecule has 1 aromatic carbocycles. The van der Waals surface area contributed by atoms with Gasteiger partial charge in [0.15, 0.2) is 0 Å². The van der Waals surface area contributed by atoms with E-state index in [4.69, 9.17) is 9.47 Å². The number of halogens is 1. The number of Topliss-reactive ketones (excluding diaryl/α,β-unsaturated/α-hetero) is 1. The summed E-state index contributed by atoms with van der Waals surface area (Å²) in [6.07, 6.45) is 7.15. The molecule has 1 aromatic rings. The summed E-state index contributed by atoms with van der Waals surface area (Å²) in [6.45, 7) is 0.852.